The molecule has 6 rings (SSSR count). The van der Waals surface area contributed by atoms with Crippen LogP contribution in [0.3, 0.4) is 0 Å². The first-order valence-corrected chi connectivity index (χ1v) is 15.3. The zero-order chi connectivity index (χ0) is 27.0. The van der Waals surface area contributed by atoms with Crippen LogP contribution >= 0.6 is 11.3 Å². The van der Waals surface area contributed by atoms with Crippen molar-refractivity contribution in [3.8, 4) is 5.88 Å². The molecule has 3 aliphatic rings. The van der Waals surface area contributed by atoms with Gasteiger partial charge in [-0.2, -0.15) is 0 Å². The van der Waals surface area contributed by atoms with Gasteiger partial charge in [0.05, 0.1) is 23.4 Å². The lowest BCUT2D eigenvalue weighted by molar-refractivity contribution is -0.110. The van der Waals surface area contributed by atoms with Crippen molar-refractivity contribution >= 4 is 48.3 Å². The van der Waals surface area contributed by atoms with Crippen molar-refractivity contribution < 1.29 is 27.5 Å². The topological polar surface area (TPSA) is 132 Å². The Kier molecular flexibility index (Phi) is 7.23. The minimum Gasteiger partial charge on any atom is -0.473 e. The van der Waals surface area contributed by atoms with E-state index in [0.29, 0.717) is 59.4 Å². The molecule has 1 aliphatic carbocycles. The lowest BCUT2D eigenvalue weighted by Crippen LogP contribution is -2.25. The van der Waals surface area contributed by atoms with Gasteiger partial charge in [0.15, 0.2) is 26.8 Å². The number of rotatable bonds is 9. The van der Waals surface area contributed by atoms with E-state index in [4.69, 9.17) is 14.3 Å². The van der Waals surface area contributed by atoms with E-state index in [0.717, 1.165) is 19.5 Å². The van der Waals surface area contributed by atoms with Crippen LogP contribution < -0.4 is 10.1 Å². The van der Waals surface area contributed by atoms with Crippen molar-refractivity contribution in [3.63, 3.8) is 0 Å². The molecule has 1 N–H and O–H groups in total. The highest BCUT2D eigenvalue weighted by molar-refractivity contribution is 7.92. The zero-order valence-corrected chi connectivity index (χ0v) is 23.0. The maximum absolute atomic E-state index is 13.4. The summed E-state index contributed by atoms with van der Waals surface area (Å²) in [7, 11) is -1.29. The number of thiazole rings is 1. The zero-order valence-electron chi connectivity index (χ0n) is 21.4. The number of aromatic nitrogens is 2. The van der Waals surface area contributed by atoms with E-state index >= 15 is 0 Å². The molecule has 4 heterocycles. The highest BCUT2D eigenvalue weighted by atomic mass is 32.2. The largest absolute Gasteiger partial charge is 0.473 e. The number of oxime groups is 1. The van der Waals surface area contributed by atoms with Crippen LogP contribution in [-0.4, -0.2) is 85.7 Å². The number of carbonyl (C=O) groups is 1. The summed E-state index contributed by atoms with van der Waals surface area (Å²) in [4.78, 5) is 31.1. The van der Waals surface area contributed by atoms with Crippen molar-refractivity contribution in [1.29, 1.82) is 0 Å². The first-order chi connectivity index (χ1) is 18.8. The molecule has 0 radical (unpaired) electrons. The summed E-state index contributed by atoms with van der Waals surface area (Å²) in [5.41, 5.74) is 1.08. The molecule has 206 valence electrons. The van der Waals surface area contributed by atoms with Gasteiger partial charge in [-0.3, -0.25) is 10.1 Å². The van der Waals surface area contributed by atoms with E-state index in [-0.39, 0.29) is 28.1 Å². The summed E-state index contributed by atoms with van der Waals surface area (Å²) in [5, 5.41) is 6.99. The Bertz CT molecular complexity index is 1500. The molecule has 0 unspecified atom stereocenters. The third-order valence-electron chi connectivity index (χ3n) is 6.90. The Morgan fingerprint density at radius 2 is 1.92 bits per heavy atom. The van der Waals surface area contributed by atoms with Gasteiger partial charge in [0.2, 0.25) is 5.88 Å². The van der Waals surface area contributed by atoms with E-state index in [2.05, 4.69) is 32.4 Å². The van der Waals surface area contributed by atoms with E-state index < -0.39 is 15.7 Å². The number of hydrogen-bond acceptors (Lipinski definition) is 11. The van der Waals surface area contributed by atoms with Crippen LogP contribution in [0.5, 0.6) is 5.88 Å². The Morgan fingerprint density at radius 1 is 1.10 bits per heavy atom. The number of likely N-dealkylation sites (N-methyl/N-ethyl adjacent to an activating group) is 1. The number of fused-ring (bicyclic) bond motifs is 1. The van der Waals surface area contributed by atoms with Gasteiger partial charge in [-0.15, -0.1) is 0 Å². The molecular formula is C26H29N5O6S2. The van der Waals surface area contributed by atoms with Crippen LogP contribution in [0.2, 0.25) is 0 Å². The third kappa shape index (κ3) is 5.91. The number of benzene rings is 1. The molecule has 0 spiro atoms. The van der Waals surface area contributed by atoms with Crippen molar-refractivity contribution in [1.82, 2.24) is 14.9 Å². The standard InChI is InChI=1S/C26H29N5O6S2/c1-31-12-10-17(14-31)36-22-9-8-21-25(28-22)38-26(27-21)29-24(32)23(30-37-18-11-13-35-15-18)16-2-4-19(5-3-16)39(33,34)20-6-7-20/h2-5,8-9,17-18,20H,6-7,10-15H2,1H3,(H,27,29,32)/t17-,18-/m1/s1. The van der Waals surface area contributed by atoms with Gasteiger partial charge in [0, 0.05) is 31.1 Å². The second-order valence-corrected chi connectivity index (χ2v) is 13.2. The molecule has 1 amide bonds. The Balaban J connectivity index is 1.21. The fraction of sp³-hybridized carbons (Fsp3) is 0.462. The summed E-state index contributed by atoms with van der Waals surface area (Å²) in [6.45, 7) is 2.80. The molecule has 1 saturated carbocycles. The number of pyridine rings is 1. The van der Waals surface area contributed by atoms with Gasteiger partial charge >= 0.3 is 0 Å². The lowest BCUT2D eigenvalue weighted by atomic mass is 10.1. The van der Waals surface area contributed by atoms with Gasteiger partial charge in [-0.25, -0.2) is 18.4 Å². The Hall–Kier alpha value is -3.13. The lowest BCUT2D eigenvalue weighted by Gasteiger charge is -2.12. The van der Waals surface area contributed by atoms with Gasteiger partial charge in [0.1, 0.15) is 16.5 Å². The fourth-order valence-electron chi connectivity index (χ4n) is 4.56. The monoisotopic (exact) mass is 571 g/mol. The van der Waals surface area contributed by atoms with Crippen LogP contribution in [0.4, 0.5) is 5.13 Å². The van der Waals surface area contributed by atoms with E-state index in [1.54, 1.807) is 18.2 Å². The van der Waals surface area contributed by atoms with E-state index in [9.17, 15) is 13.2 Å². The molecule has 13 heteroatoms. The fourth-order valence-corrected chi connectivity index (χ4v) is 7.04. The van der Waals surface area contributed by atoms with Crippen molar-refractivity contribution in [2.45, 2.75) is 48.0 Å². The molecule has 3 fully saturated rings. The highest BCUT2D eigenvalue weighted by Gasteiger charge is 2.37. The average Bonchev–Trinajstić information content (AvgIpc) is 3.30. The van der Waals surface area contributed by atoms with Gasteiger partial charge in [-0.05, 0) is 44.5 Å². The van der Waals surface area contributed by atoms with Gasteiger partial charge in [0.25, 0.3) is 5.91 Å². The molecular weight excluding hydrogens is 542 g/mol. The molecule has 0 bridgehead atoms. The van der Waals surface area contributed by atoms with Gasteiger partial charge in [-0.1, -0.05) is 28.6 Å². The number of carbonyl (C=O) groups excluding carboxylic acids is 1. The van der Waals surface area contributed by atoms with E-state index in [1.165, 1.54) is 23.5 Å². The summed E-state index contributed by atoms with van der Waals surface area (Å²) in [6.07, 6.45) is 2.82. The molecule has 1 aromatic carbocycles. The maximum Gasteiger partial charge on any atom is 0.280 e. The molecule has 39 heavy (non-hydrogen) atoms. The number of likely N-dealkylation sites (tertiary alicyclic amines) is 1. The molecule has 2 saturated heterocycles. The smallest absolute Gasteiger partial charge is 0.280 e. The first kappa shape index (κ1) is 26.1. The summed E-state index contributed by atoms with van der Waals surface area (Å²) in [6, 6.07) is 9.77. The first-order valence-electron chi connectivity index (χ1n) is 13.0. The number of anilines is 1. The Labute approximate surface area is 230 Å². The van der Waals surface area contributed by atoms with Gasteiger partial charge < -0.3 is 19.2 Å². The maximum atomic E-state index is 13.4. The summed E-state index contributed by atoms with van der Waals surface area (Å²) < 4.78 is 36.6. The normalized spacial score (nSPS) is 22.3. The van der Waals surface area contributed by atoms with E-state index in [1.807, 2.05) is 6.07 Å². The number of hydrogen-bond donors (Lipinski definition) is 1. The summed E-state index contributed by atoms with van der Waals surface area (Å²) >= 11 is 1.23. The van der Waals surface area contributed by atoms with Crippen LogP contribution in [0.1, 0.15) is 31.2 Å². The number of ether oxygens (including phenoxy) is 2. The average molecular weight is 572 g/mol. The second-order valence-electron chi connectivity index (χ2n) is 10.0. The van der Waals surface area contributed by atoms with Crippen LogP contribution in [0, 0.1) is 0 Å². The number of sulfone groups is 1. The SMILES string of the molecule is CN1CC[C@@H](Oc2ccc3nc(NC(=O)C(=NO[C@@H]4CCOC4)c4ccc(S(=O)(=O)C5CC5)cc4)sc3n2)C1. The highest BCUT2D eigenvalue weighted by Crippen LogP contribution is 2.33. The minimum absolute atomic E-state index is 0.0128. The quantitative estimate of drug-likeness (QED) is 0.304. The van der Waals surface area contributed by atoms with Crippen LogP contribution in [0.25, 0.3) is 10.3 Å². The number of nitrogens with zero attached hydrogens (tertiary/aromatic N) is 4. The molecule has 2 aromatic heterocycles. The molecule has 2 atom stereocenters. The molecule has 2 aliphatic heterocycles. The van der Waals surface area contributed by atoms with Crippen molar-refractivity contribution in [2.75, 3.05) is 38.7 Å². The predicted molar refractivity (Wildman–Crippen MR) is 146 cm³/mol. The summed E-state index contributed by atoms with van der Waals surface area (Å²) in [5.74, 6) is -0.00348. The van der Waals surface area contributed by atoms with Crippen molar-refractivity contribution in [3.05, 3.63) is 42.0 Å². The predicted octanol–water partition coefficient (Wildman–Crippen LogP) is 2.86. The third-order valence-corrected chi connectivity index (χ3v) is 10.1. The molecule has 3 aromatic rings. The second kappa shape index (κ2) is 10.8. The molecule has 11 nitrogen and oxygen atoms in total. The number of amides is 1. The van der Waals surface area contributed by atoms with Crippen molar-refractivity contribution in [2.24, 2.45) is 5.16 Å². The minimum atomic E-state index is -3.35. The van der Waals surface area contributed by atoms with Crippen LogP contribution in [0.15, 0.2) is 46.4 Å². The van der Waals surface area contributed by atoms with Crippen LogP contribution in [-0.2, 0) is 24.2 Å². The Morgan fingerprint density at radius 3 is 2.62 bits per heavy atom. The number of nitrogens with one attached hydrogen (secondary N) is 1.